The summed E-state index contributed by atoms with van der Waals surface area (Å²) in [4.78, 5) is 10.9. The number of halogens is 3. The van der Waals surface area contributed by atoms with E-state index in [1.807, 2.05) is 0 Å². The second kappa shape index (κ2) is 6.11. The summed E-state index contributed by atoms with van der Waals surface area (Å²) in [6.07, 6.45) is 0. The molecule has 0 saturated heterocycles. The van der Waals surface area contributed by atoms with E-state index in [2.05, 4.69) is 5.32 Å². The molecule has 0 saturated carbocycles. The number of nitrogens with two attached hydrogens (primary N) is 1. The Morgan fingerprint density at radius 2 is 1.95 bits per heavy atom. The van der Waals surface area contributed by atoms with Gasteiger partial charge in [-0.3, -0.25) is 4.79 Å². The van der Waals surface area contributed by atoms with Crippen LogP contribution < -0.4 is 11.1 Å². The molecular weight excluding hydrogens is 302 g/mol. The standard InChI is InChI=1S/C14H11Cl2FN2O/c15-10-3-4-11(16)13(6-10)19-7-9-2-1-8(14(18)20)5-12(9)17/h1-6,19H,7H2,(H2,18,20). The van der Waals surface area contributed by atoms with Gasteiger partial charge in [-0.2, -0.15) is 0 Å². The summed E-state index contributed by atoms with van der Waals surface area (Å²) in [5, 5.41) is 4.01. The molecule has 2 aromatic rings. The maximum Gasteiger partial charge on any atom is 0.248 e. The first kappa shape index (κ1) is 14.6. The molecule has 0 spiro atoms. The van der Waals surface area contributed by atoms with E-state index in [9.17, 15) is 9.18 Å². The zero-order valence-electron chi connectivity index (χ0n) is 10.3. The molecule has 2 aromatic carbocycles. The molecule has 3 N–H and O–H groups in total. The van der Waals surface area contributed by atoms with Crippen LogP contribution in [-0.4, -0.2) is 5.91 Å². The Labute approximate surface area is 125 Å². The molecule has 0 heterocycles. The number of amides is 1. The number of anilines is 1. The van der Waals surface area contributed by atoms with Crippen molar-refractivity contribution in [2.24, 2.45) is 5.73 Å². The zero-order valence-corrected chi connectivity index (χ0v) is 11.8. The smallest absolute Gasteiger partial charge is 0.248 e. The Morgan fingerprint density at radius 3 is 2.60 bits per heavy atom. The highest BCUT2D eigenvalue weighted by Gasteiger charge is 2.08. The van der Waals surface area contributed by atoms with E-state index in [0.717, 1.165) is 6.07 Å². The van der Waals surface area contributed by atoms with Gasteiger partial charge in [0, 0.05) is 22.7 Å². The summed E-state index contributed by atoms with van der Waals surface area (Å²) in [5.41, 5.74) is 6.22. The molecule has 2 rings (SSSR count). The summed E-state index contributed by atoms with van der Waals surface area (Å²) in [5.74, 6) is -1.17. The fourth-order valence-corrected chi connectivity index (χ4v) is 2.02. The molecule has 20 heavy (non-hydrogen) atoms. The average Bonchev–Trinajstić information content (AvgIpc) is 2.40. The SMILES string of the molecule is NC(=O)c1ccc(CNc2cc(Cl)ccc2Cl)c(F)c1. The summed E-state index contributed by atoms with van der Waals surface area (Å²) in [6.45, 7) is 0.213. The predicted molar refractivity (Wildman–Crippen MR) is 78.7 cm³/mol. The Kier molecular flexibility index (Phi) is 4.47. The highest BCUT2D eigenvalue weighted by atomic mass is 35.5. The third-order valence-corrected chi connectivity index (χ3v) is 3.30. The van der Waals surface area contributed by atoms with Crippen molar-refractivity contribution in [3.05, 3.63) is 63.4 Å². The molecule has 0 radical (unpaired) electrons. The van der Waals surface area contributed by atoms with E-state index >= 15 is 0 Å². The summed E-state index contributed by atoms with van der Waals surface area (Å²) in [6, 6.07) is 9.05. The van der Waals surface area contributed by atoms with Crippen molar-refractivity contribution in [1.29, 1.82) is 0 Å². The highest BCUT2D eigenvalue weighted by Crippen LogP contribution is 2.26. The van der Waals surface area contributed by atoms with Crippen LogP contribution in [0.15, 0.2) is 36.4 Å². The predicted octanol–water partition coefficient (Wildman–Crippen LogP) is 3.84. The van der Waals surface area contributed by atoms with Gasteiger partial charge >= 0.3 is 0 Å². The monoisotopic (exact) mass is 312 g/mol. The van der Waals surface area contributed by atoms with Gasteiger partial charge in [-0.05, 0) is 30.3 Å². The van der Waals surface area contributed by atoms with Gasteiger partial charge in [0.15, 0.2) is 0 Å². The van der Waals surface area contributed by atoms with Gasteiger partial charge in [0.1, 0.15) is 5.82 Å². The van der Waals surface area contributed by atoms with Gasteiger partial charge in [0.2, 0.25) is 5.91 Å². The molecule has 0 aromatic heterocycles. The lowest BCUT2D eigenvalue weighted by Gasteiger charge is -2.10. The number of primary amides is 1. The Balaban J connectivity index is 2.15. The molecule has 0 aliphatic carbocycles. The summed E-state index contributed by atoms with van der Waals surface area (Å²) >= 11 is 11.9. The minimum Gasteiger partial charge on any atom is -0.380 e. The minimum absolute atomic E-state index is 0.132. The van der Waals surface area contributed by atoms with Gasteiger partial charge in [-0.25, -0.2) is 4.39 Å². The van der Waals surface area contributed by atoms with Crippen molar-refractivity contribution >= 4 is 34.8 Å². The summed E-state index contributed by atoms with van der Waals surface area (Å²) < 4.78 is 13.8. The zero-order chi connectivity index (χ0) is 14.7. The number of benzene rings is 2. The van der Waals surface area contributed by atoms with Gasteiger partial charge in [-0.15, -0.1) is 0 Å². The van der Waals surface area contributed by atoms with Crippen LogP contribution in [0.25, 0.3) is 0 Å². The van der Waals surface area contributed by atoms with Crippen LogP contribution in [0.5, 0.6) is 0 Å². The van der Waals surface area contributed by atoms with Crippen molar-refractivity contribution < 1.29 is 9.18 Å². The van der Waals surface area contributed by atoms with Gasteiger partial charge < -0.3 is 11.1 Å². The summed E-state index contributed by atoms with van der Waals surface area (Å²) in [7, 11) is 0. The number of rotatable bonds is 4. The topological polar surface area (TPSA) is 55.1 Å². The first-order chi connectivity index (χ1) is 9.47. The molecule has 3 nitrogen and oxygen atoms in total. The molecule has 6 heteroatoms. The van der Waals surface area contributed by atoms with E-state index in [-0.39, 0.29) is 12.1 Å². The average molecular weight is 313 g/mol. The van der Waals surface area contributed by atoms with Crippen molar-refractivity contribution in [3.63, 3.8) is 0 Å². The van der Waals surface area contributed by atoms with Crippen LogP contribution in [0, 0.1) is 5.82 Å². The van der Waals surface area contributed by atoms with E-state index in [1.54, 1.807) is 18.2 Å². The lowest BCUT2D eigenvalue weighted by atomic mass is 10.1. The number of nitrogens with one attached hydrogen (secondary N) is 1. The number of carbonyl (C=O) groups excluding carboxylic acids is 1. The van der Waals surface area contributed by atoms with Crippen molar-refractivity contribution in [2.75, 3.05) is 5.32 Å². The quantitative estimate of drug-likeness (QED) is 0.901. The van der Waals surface area contributed by atoms with E-state index < -0.39 is 11.7 Å². The molecule has 1 amide bonds. The fraction of sp³-hybridized carbons (Fsp3) is 0.0714. The van der Waals surface area contributed by atoms with Crippen LogP contribution >= 0.6 is 23.2 Å². The Morgan fingerprint density at radius 1 is 1.20 bits per heavy atom. The van der Waals surface area contributed by atoms with Crippen LogP contribution in [0.2, 0.25) is 10.0 Å². The largest absolute Gasteiger partial charge is 0.380 e. The van der Waals surface area contributed by atoms with Gasteiger partial charge in [-0.1, -0.05) is 29.3 Å². The number of carbonyl (C=O) groups is 1. The number of hydrogen-bond donors (Lipinski definition) is 2. The second-order valence-electron chi connectivity index (χ2n) is 4.15. The van der Waals surface area contributed by atoms with Crippen LogP contribution in [-0.2, 0) is 6.54 Å². The molecule has 0 bridgehead atoms. The van der Waals surface area contributed by atoms with E-state index in [0.29, 0.717) is 21.3 Å². The fourth-order valence-electron chi connectivity index (χ4n) is 1.67. The lowest BCUT2D eigenvalue weighted by Crippen LogP contribution is -2.12. The molecule has 0 atom stereocenters. The van der Waals surface area contributed by atoms with Crippen molar-refractivity contribution in [3.8, 4) is 0 Å². The molecule has 0 fully saturated rings. The minimum atomic E-state index is -0.665. The van der Waals surface area contributed by atoms with Gasteiger partial charge in [0.25, 0.3) is 0 Å². The first-order valence-corrected chi connectivity index (χ1v) is 6.50. The van der Waals surface area contributed by atoms with Gasteiger partial charge in [0.05, 0.1) is 10.7 Å². The van der Waals surface area contributed by atoms with Crippen LogP contribution in [0.1, 0.15) is 15.9 Å². The normalized spacial score (nSPS) is 10.3. The molecule has 0 aliphatic heterocycles. The van der Waals surface area contributed by atoms with Crippen LogP contribution in [0.3, 0.4) is 0 Å². The Hall–Kier alpha value is -1.78. The lowest BCUT2D eigenvalue weighted by molar-refractivity contribution is 0.1000. The van der Waals surface area contributed by atoms with Crippen LogP contribution in [0.4, 0.5) is 10.1 Å². The number of hydrogen-bond acceptors (Lipinski definition) is 2. The maximum atomic E-state index is 13.8. The third-order valence-electron chi connectivity index (χ3n) is 2.74. The second-order valence-corrected chi connectivity index (χ2v) is 4.99. The molecular formula is C14H11Cl2FN2O. The van der Waals surface area contributed by atoms with E-state index in [1.165, 1.54) is 12.1 Å². The van der Waals surface area contributed by atoms with Crippen molar-refractivity contribution in [2.45, 2.75) is 6.54 Å². The highest BCUT2D eigenvalue weighted by molar-refractivity contribution is 6.35. The third kappa shape index (κ3) is 3.40. The molecule has 0 unspecified atom stereocenters. The maximum absolute atomic E-state index is 13.8. The van der Waals surface area contributed by atoms with Crippen molar-refractivity contribution in [1.82, 2.24) is 0 Å². The molecule has 0 aliphatic rings. The van der Waals surface area contributed by atoms with E-state index in [4.69, 9.17) is 28.9 Å². The Bertz CT molecular complexity index is 662. The first-order valence-electron chi connectivity index (χ1n) is 5.74. The molecule has 104 valence electrons.